The van der Waals surface area contributed by atoms with E-state index in [0.29, 0.717) is 11.2 Å². The molecule has 3 aromatic rings. The van der Waals surface area contributed by atoms with Gasteiger partial charge in [-0.1, -0.05) is 11.3 Å². The SMILES string of the molecule is [O]c1ccc2sc(N3CCC(Nc4ccc(OC(F)(F)C(F)(F)F)cc4)CC3)nc2c1. The van der Waals surface area contributed by atoms with Crippen molar-refractivity contribution in [2.45, 2.75) is 31.2 Å². The minimum atomic E-state index is -5.78. The van der Waals surface area contributed by atoms with Crippen LogP contribution in [0.15, 0.2) is 42.5 Å². The van der Waals surface area contributed by atoms with E-state index in [0.717, 1.165) is 47.9 Å². The summed E-state index contributed by atoms with van der Waals surface area (Å²) in [6, 6.07) is 9.87. The van der Waals surface area contributed by atoms with Crippen LogP contribution in [-0.4, -0.2) is 36.4 Å². The molecule has 0 spiro atoms. The molecule has 0 aliphatic carbocycles. The second-order valence-corrected chi connectivity index (χ2v) is 8.18. The molecule has 0 unspecified atom stereocenters. The van der Waals surface area contributed by atoms with Crippen LogP contribution < -0.4 is 15.0 Å². The lowest BCUT2D eigenvalue weighted by Gasteiger charge is -2.32. The van der Waals surface area contributed by atoms with Gasteiger partial charge in [-0.3, -0.25) is 5.11 Å². The average Bonchev–Trinajstić information content (AvgIpc) is 3.12. The van der Waals surface area contributed by atoms with Crippen LogP contribution in [0.25, 0.3) is 10.2 Å². The summed E-state index contributed by atoms with van der Waals surface area (Å²) in [6.45, 7) is 1.47. The molecule has 4 rings (SSSR count). The third kappa shape index (κ3) is 4.76. The van der Waals surface area contributed by atoms with Gasteiger partial charge < -0.3 is 15.0 Å². The first-order valence-electron chi connectivity index (χ1n) is 9.43. The lowest BCUT2D eigenvalue weighted by atomic mass is 10.1. The molecule has 2 heterocycles. The molecule has 0 amide bonds. The van der Waals surface area contributed by atoms with Crippen molar-refractivity contribution < 1.29 is 31.8 Å². The molecule has 2 aromatic carbocycles. The van der Waals surface area contributed by atoms with E-state index in [1.54, 1.807) is 6.07 Å². The number of aromatic nitrogens is 1. The van der Waals surface area contributed by atoms with Crippen LogP contribution in [0.2, 0.25) is 0 Å². The van der Waals surface area contributed by atoms with E-state index < -0.39 is 18.0 Å². The highest BCUT2D eigenvalue weighted by molar-refractivity contribution is 7.22. The molecule has 1 fully saturated rings. The second-order valence-electron chi connectivity index (χ2n) is 7.17. The zero-order valence-corrected chi connectivity index (χ0v) is 16.8. The van der Waals surface area contributed by atoms with Crippen molar-refractivity contribution in [1.29, 1.82) is 0 Å². The van der Waals surface area contributed by atoms with Crippen LogP contribution in [0, 0.1) is 0 Å². The Morgan fingerprint density at radius 3 is 2.35 bits per heavy atom. The van der Waals surface area contributed by atoms with Gasteiger partial charge in [0.25, 0.3) is 0 Å². The van der Waals surface area contributed by atoms with Crippen LogP contribution in [0.5, 0.6) is 11.5 Å². The highest BCUT2D eigenvalue weighted by atomic mass is 32.1. The second kappa shape index (κ2) is 8.03. The lowest BCUT2D eigenvalue weighted by Crippen LogP contribution is -2.41. The fourth-order valence-electron chi connectivity index (χ4n) is 3.31. The predicted octanol–water partition coefficient (Wildman–Crippen LogP) is 6.05. The van der Waals surface area contributed by atoms with Gasteiger partial charge in [0.15, 0.2) is 10.9 Å². The summed E-state index contributed by atoms with van der Waals surface area (Å²) in [5.41, 5.74) is 1.29. The maximum absolute atomic E-state index is 13.0. The zero-order chi connectivity index (χ0) is 22.2. The fraction of sp³-hybridized carbons (Fsp3) is 0.350. The monoisotopic (exact) mass is 458 g/mol. The molecule has 1 saturated heterocycles. The third-order valence-corrected chi connectivity index (χ3v) is 6.01. The number of fused-ring (bicyclic) bond motifs is 1. The fourth-order valence-corrected chi connectivity index (χ4v) is 4.30. The van der Waals surface area contributed by atoms with E-state index >= 15 is 0 Å². The predicted molar refractivity (Wildman–Crippen MR) is 107 cm³/mol. The number of ether oxygens (including phenoxy) is 1. The standard InChI is InChI=1S/C20H17F5N3O2S/c21-19(22,23)20(24,25)30-15-4-1-12(2-5-15)26-13-7-9-28(10-8-13)18-27-16-11-14(29)3-6-17(16)31-18/h1-6,11,13,26H,7-10H2. The zero-order valence-electron chi connectivity index (χ0n) is 16.0. The number of alkyl halides is 5. The van der Waals surface area contributed by atoms with Gasteiger partial charge in [-0.15, -0.1) is 0 Å². The van der Waals surface area contributed by atoms with E-state index in [1.165, 1.54) is 35.6 Å². The lowest BCUT2D eigenvalue weighted by molar-refractivity contribution is -0.360. The van der Waals surface area contributed by atoms with Gasteiger partial charge >= 0.3 is 12.3 Å². The first-order valence-corrected chi connectivity index (χ1v) is 10.2. The molecule has 5 nitrogen and oxygen atoms in total. The minimum Gasteiger partial charge on any atom is -0.426 e. The summed E-state index contributed by atoms with van der Waals surface area (Å²) in [5, 5.41) is 15.6. The van der Waals surface area contributed by atoms with E-state index in [-0.39, 0.29) is 11.8 Å². The molecule has 1 aliphatic rings. The van der Waals surface area contributed by atoms with Gasteiger partial charge in [0, 0.05) is 30.9 Å². The van der Waals surface area contributed by atoms with Gasteiger partial charge in [-0.2, -0.15) is 22.0 Å². The molecule has 0 atom stereocenters. The van der Waals surface area contributed by atoms with Crippen molar-refractivity contribution in [2.24, 2.45) is 0 Å². The molecule has 31 heavy (non-hydrogen) atoms. The van der Waals surface area contributed by atoms with E-state index in [4.69, 9.17) is 0 Å². The van der Waals surface area contributed by atoms with E-state index in [2.05, 4.69) is 19.9 Å². The molecule has 165 valence electrons. The third-order valence-electron chi connectivity index (χ3n) is 4.91. The maximum Gasteiger partial charge on any atom is 0.499 e. The average molecular weight is 458 g/mol. The summed E-state index contributed by atoms with van der Waals surface area (Å²) >= 11 is 1.53. The van der Waals surface area contributed by atoms with Crippen molar-refractivity contribution in [3.8, 4) is 11.5 Å². The Balaban J connectivity index is 1.32. The summed E-state index contributed by atoms with van der Waals surface area (Å²) in [6.07, 6.45) is -9.46. The Morgan fingerprint density at radius 1 is 1.03 bits per heavy atom. The van der Waals surface area contributed by atoms with Crippen molar-refractivity contribution >= 4 is 32.4 Å². The first-order chi connectivity index (χ1) is 14.6. The highest BCUT2D eigenvalue weighted by Gasteiger charge is 2.61. The van der Waals surface area contributed by atoms with E-state index in [1.807, 2.05) is 0 Å². The van der Waals surface area contributed by atoms with E-state index in [9.17, 15) is 27.1 Å². The number of halogens is 5. The topological polar surface area (TPSA) is 57.3 Å². The number of nitrogens with zero attached hydrogens (tertiary/aromatic N) is 2. The number of benzene rings is 2. The smallest absolute Gasteiger partial charge is 0.426 e. The molecule has 0 saturated carbocycles. The minimum absolute atomic E-state index is 0.0780. The van der Waals surface area contributed by atoms with Crippen LogP contribution in [0.4, 0.5) is 32.8 Å². The summed E-state index contributed by atoms with van der Waals surface area (Å²) in [7, 11) is 0. The van der Waals surface area contributed by atoms with Gasteiger partial charge in [-0.05, 0) is 49.2 Å². The van der Waals surface area contributed by atoms with Gasteiger partial charge in [0.1, 0.15) is 5.75 Å². The number of anilines is 2. The van der Waals surface area contributed by atoms with Crippen LogP contribution in [0.3, 0.4) is 0 Å². The van der Waals surface area contributed by atoms with Crippen molar-refractivity contribution in [3.63, 3.8) is 0 Å². The number of nitrogens with one attached hydrogen (secondary N) is 1. The summed E-state index contributed by atoms with van der Waals surface area (Å²) in [5.74, 6) is -0.648. The Morgan fingerprint density at radius 2 is 1.71 bits per heavy atom. The molecule has 1 aliphatic heterocycles. The Labute approximate surface area is 178 Å². The molecular weight excluding hydrogens is 441 g/mol. The number of hydrogen-bond donors (Lipinski definition) is 1. The number of piperidine rings is 1. The Hall–Kier alpha value is -2.82. The molecule has 1 aromatic heterocycles. The van der Waals surface area contributed by atoms with Crippen molar-refractivity contribution in [3.05, 3.63) is 42.5 Å². The van der Waals surface area contributed by atoms with Crippen molar-refractivity contribution in [1.82, 2.24) is 4.98 Å². The van der Waals surface area contributed by atoms with Gasteiger partial charge in [0.05, 0.1) is 10.2 Å². The molecule has 1 radical (unpaired) electrons. The quantitative estimate of drug-likeness (QED) is 0.473. The Bertz CT molecular complexity index is 1050. The maximum atomic E-state index is 13.0. The van der Waals surface area contributed by atoms with Crippen molar-refractivity contribution in [2.75, 3.05) is 23.3 Å². The molecule has 0 bridgehead atoms. The van der Waals surface area contributed by atoms with Crippen LogP contribution in [0.1, 0.15) is 12.8 Å². The largest absolute Gasteiger partial charge is 0.499 e. The first kappa shape index (κ1) is 21.4. The number of rotatable bonds is 5. The molecule has 11 heteroatoms. The molecule has 1 N–H and O–H groups in total. The van der Waals surface area contributed by atoms with Gasteiger partial charge in [0.2, 0.25) is 0 Å². The van der Waals surface area contributed by atoms with Crippen LogP contribution in [-0.2, 0) is 5.11 Å². The number of thiazole rings is 1. The Kier molecular flexibility index (Phi) is 5.54. The highest BCUT2D eigenvalue weighted by Crippen LogP contribution is 2.37. The summed E-state index contributed by atoms with van der Waals surface area (Å²) < 4.78 is 67.4. The van der Waals surface area contributed by atoms with Gasteiger partial charge in [-0.25, -0.2) is 4.98 Å². The molecular formula is C20H17F5N3O2S. The normalized spacial score (nSPS) is 16.0. The van der Waals surface area contributed by atoms with Crippen LogP contribution >= 0.6 is 11.3 Å². The summed E-state index contributed by atoms with van der Waals surface area (Å²) in [4.78, 5) is 6.67. The number of hydrogen-bond acceptors (Lipinski definition) is 5.